The van der Waals surface area contributed by atoms with E-state index >= 15 is 0 Å². The Kier molecular flexibility index (Phi) is 4.19. The Morgan fingerprint density at radius 3 is 2.65 bits per heavy atom. The molecule has 1 amide bonds. The van der Waals surface area contributed by atoms with Gasteiger partial charge in [0.05, 0.1) is 6.61 Å². The third-order valence-corrected chi connectivity index (χ3v) is 3.94. The number of alkyl halides is 2. The van der Waals surface area contributed by atoms with Gasteiger partial charge in [0, 0.05) is 0 Å². The number of halogens is 2. The first-order chi connectivity index (χ1) is 9.42. The molecule has 0 spiro atoms. The van der Waals surface area contributed by atoms with Crippen molar-refractivity contribution in [2.45, 2.75) is 19.1 Å². The first-order valence-corrected chi connectivity index (χ1v) is 6.96. The Bertz CT molecular complexity index is 578. The number of carbonyl (C=O) groups is 1. The molecule has 1 aliphatic rings. The smallest absolute Gasteiger partial charge is 0.426 e. The summed E-state index contributed by atoms with van der Waals surface area (Å²) in [7, 11) is -4.51. The van der Waals surface area contributed by atoms with E-state index in [-0.39, 0.29) is 10.9 Å². The van der Waals surface area contributed by atoms with Crippen molar-refractivity contribution in [2.24, 2.45) is 0 Å². The molecule has 0 N–H and O–H groups in total. The molecule has 2 rings (SSSR count). The fraction of sp³-hybridized carbons (Fsp3) is 0.364. The van der Waals surface area contributed by atoms with E-state index in [2.05, 4.69) is 4.18 Å². The summed E-state index contributed by atoms with van der Waals surface area (Å²) in [4.78, 5) is 11.7. The summed E-state index contributed by atoms with van der Waals surface area (Å²) in [5.74, 6) is 0. The highest BCUT2D eigenvalue weighted by molar-refractivity contribution is 7.85. The number of benzene rings is 1. The van der Waals surface area contributed by atoms with E-state index in [0.717, 1.165) is 0 Å². The maximum atomic E-state index is 12.7. The van der Waals surface area contributed by atoms with Gasteiger partial charge in [-0.25, -0.2) is 13.6 Å². The Morgan fingerprint density at radius 2 is 2.05 bits per heavy atom. The number of ether oxygens (including phenoxy) is 1. The largest absolute Gasteiger partial charge is 0.444 e. The van der Waals surface area contributed by atoms with Crippen molar-refractivity contribution >= 4 is 16.4 Å². The van der Waals surface area contributed by atoms with Crippen LogP contribution < -0.4 is 0 Å². The zero-order valence-corrected chi connectivity index (χ0v) is 10.9. The summed E-state index contributed by atoms with van der Waals surface area (Å²) in [6.07, 6.45) is -4.42. The van der Waals surface area contributed by atoms with Crippen LogP contribution in [0.3, 0.4) is 0 Å². The van der Waals surface area contributed by atoms with E-state index in [1.807, 2.05) is 0 Å². The summed E-state index contributed by atoms with van der Waals surface area (Å²) in [5, 5.41) is 0. The highest BCUT2D eigenvalue weighted by Gasteiger charge is 2.48. The van der Waals surface area contributed by atoms with Gasteiger partial charge in [0.2, 0.25) is 0 Å². The molecule has 1 heterocycles. The molecule has 1 aromatic carbocycles. The van der Waals surface area contributed by atoms with Gasteiger partial charge in [0.25, 0.3) is 6.43 Å². The number of rotatable bonds is 3. The second kappa shape index (κ2) is 5.71. The van der Waals surface area contributed by atoms with Crippen molar-refractivity contribution in [1.29, 1.82) is 0 Å². The van der Waals surface area contributed by atoms with Crippen LogP contribution >= 0.6 is 0 Å². The van der Waals surface area contributed by atoms with Gasteiger partial charge in [-0.1, -0.05) is 30.3 Å². The molecule has 110 valence electrons. The Labute approximate surface area is 114 Å². The van der Waals surface area contributed by atoms with Crippen LogP contribution in [0.1, 0.15) is 5.56 Å². The van der Waals surface area contributed by atoms with Crippen LogP contribution in [-0.2, 0) is 25.8 Å². The van der Waals surface area contributed by atoms with Crippen LogP contribution in [0.5, 0.6) is 0 Å². The summed E-state index contributed by atoms with van der Waals surface area (Å²) in [5.41, 5.74) is 0.604. The lowest BCUT2D eigenvalue weighted by Crippen LogP contribution is -2.43. The predicted molar refractivity (Wildman–Crippen MR) is 63.1 cm³/mol. The van der Waals surface area contributed by atoms with Crippen LogP contribution in [0.2, 0.25) is 0 Å². The van der Waals surface area contributed by atoms with Crippen LogP contribution in [0.4, 0.5) is 13.6 Å². The Morgan fingerprint density at radius 1 is 1.40 bits per heavy atom. The van der Waals surface area contributed by atoms with Crippen molar-refractivity contribution in [1.82, 2.24) is 4.31 Å². The number of nitrogens with zero attached hydrogens (tertiary/aromatic N) is 1. The van der Waals surface area contributed by atoms with Crippen LogP contribution in [0.15, 0.2) is 30.3 Å². The van der Waals surface area contributed by atoms with Gasteiger partial charge in [-0.15, -0.1) is 0 Å². The molecule has 0 aliphatic carbocycles. The topological polar surface area (TPSA) is 72.9 Å². The number of carbonyl (C=O) groups excluding carboxylic acids is 1. The zero-order valence-electron chi connectivity index (χ0n) is 10.1. The summed E-state index contributed by atoms with van der Waals surface area (Å²) in [6.45, 7) is -0.998. The molecule has 0 bridgehead atoms. The van der Waals surface area contributed by atoms with E-state index in [1.54, 1.807) is 30.3 Å². The highest BCUT2D eigenvalue weighted by Crippen LogP contribution is 2.24. The molecule has 1 atom stereocenters. The second-order valence-electron chi connectivity index (χ2n) is 3.98. The molecule has 20 heavy (non-hydrogen) atoms. The first kappa shape index (κ1) is 14.7. The normalized spacial score (nSPS) is 21.1. The van der Waals surface area contributed by atoms with Gasteiger partial charge >= 0.3 is 16.4 Å². The zero-order chi connectivity index (χ0) is 14.8. The molecule has 9 heteroatoms. The van der Waals surface area contributed by atoms with E-state index in [9.17, 15) is 22.0 Å². The fourth-order valence-corrected chi connectivity index (χ4v) is 2.78. The van der Waals surface area contributed by atoms with E-state index in [1.165, 1.54) is 0 Å². The molecule has 1 saturated heterocycles. The molecular formula is C11H11F2NO5S. The molecular weight excluding hydrogens is 296 g/mol. The molecule has 1 aliphatic heterocycles. The van der Waals surface area contributed by atoms with E-state index < -0.39 is 35.5 Å². The van der Waals surface area contributed by atoms with Crippen LogP contribution in [0.25, 0.3) is 0 Å². The molecule has 1 unspecified atom stereocenters. The van der Waals surface area contributed by atoms with Crippen LogP contribution in [0, 0.1) is 0 Å². The predicted octanol–water partition coefficient (Wildman–Crippen LogP) is 1.53. The molecule has 0 aromatic heterocycles. The summed E-state index contributed by atoms with van der Waals surface area (Å²) < 4.78 is 57.0. The van der Waals surface area contributed by atoms with Gasteiger partial charge in [-0.3, -0.25) is 4.18 Å². The quantitative estimate of drug-likeness (QED) is 0.847. The second-order valence-corrected chi connectivity index (χ2v) is 5.46. The fourth-order valence-electron chi connectivity index (χ4n) is 1.63. The number of hydrogen-bond acceptors (Lipinski definition) is 5. The summed E-state index contributed by atoms with van der Waals surface area (Å²) in [6, 6.07) is 6.57. The lowest BCUT2D eigenvalue weighted by atomic mass is 10.2. The van der Waals surface area contributed by atoms with Gasteiger partial charge in [0.1, 0.15) is 12.6 Å². The lowest BCUT2D eigenvalue weighted by Gasteiger charge is -2.19. The third kappa shape index (κ3) is 3.05. The average Bonchev–Trinajstić information content (AvgIpc) is 2.73. The highest BCUT2D eigenvalue weighted by atomic mass is 32.2. The molecule has 0 radical (unpaired) electrons. The van der Waals surface area contributed by atoms with Crippen molar-refractivity contribution in [3.63, 3.8) is 0 Å². The SMILES string of the molecule is O=C(OCc1ccccc1)N1C(C(F)F)COS1(=O)=O. The van der Waals surface area contributed by atoms with Crippen molar-refractivity contribution < 1.29 is 30.9 Å². The third-order valence-electron chi connectivity index (χ3n) is 2.61. The molecule has 1 aromatic rings. The average molecular weight is 307 g/mol. The molecule has 0 saturated carbocycles. The maximum absolute atomic E-state index is 12.7. The standard InChI is InChI=1S/C11H11F2NO5S/c12-10(13)9-7-19-20(16,17)14(9)11(15)18-6-8-4-2-1-3-5-8/h1-5,9-10H,6-7H2. The van der Waals surface area contributed by atoms with Gasteiger partial charge < -0.3 is 4.74 Å². The van der Waals surface area contributed by atoms with E-state index in [4.69, 9.17) is 4.74 Å². The lowest BCUT2D eigenvalue weighted by molar-refractivity contribution is 0.0492. The number of hydrogen-bond donors (Lipinski definition) is 0. The molecule has 1 fully saturated rings. The minimum atomic E-state index is -4.51. The van der Waals surface area contributed by atoms with Crippen molar-refractivity contribution in [3.05, 3.63) is 35.9 Å². The van der Waals surface area contributed by atoms with Gasteiger partial charge in [-0.05, 0) is 5.56 Å². The van der Waals surface area contributed by atoms with Gasteiger partial charge in [0.15, 0.2) is 0 Å². The van der Waals surface area contributed by atoms with Crippen molar-refractivity contribution in [2.75, 3.05) is 6.61 Å². The Hall–Kier alpha value is -1.74. The minimum absolute atomic E-state index is 0.0550. The summed E-state index contributed by atoms with van der Waals surface area (Å²) >= 11 is 0. The minimum Gasteiger partial charge on any atom is -0.444 e. The monoisotopic (exact) mass is 307 g/mol. The van der Waals surface area contributed by atoms with Crippen molar-refractivity contribution in [3.8, 4) is 0 Å². The molecule has 6 nitrogen and oxygen atoms in total. The number of amides is 1. The van der Waals surface area contributed by atoms with Crippen LogP contribution in [-0.4, -0.2) is 37.9 Å². The maximum Gasteiger partial charge on any atom is 0.426 e. The first-order valence-electron chi connectivity index (χ1n) is 5.59. The Balaban J connectivity index is 2.07. The van der Waals surface area contributed by atoms with E-state index in [0.29, 0.717) is 5.56 Å². The van der Waals surface area contributed by atoms with Gasteiger partial charge in [-0.2, -0.15) is 12.7 Å².